The zero-order valence-electron chi connectivity index (χ0n) is 13.2. The molecule has 1 aromatic heterocycles. The van der Waals surface area contributed by atoms with E-state index in [0.717, 1.165) is 41.4 Å². The Kier molecular flexibility index (Phi) is 4.71. The molecule has 2 aromatic rings. The number of amides is 1. The molecule has 0 saturated carbocycles. The first-order valence-electron chi connectivity index (χ1n) is 7.92. The Morgan fingerprint density at radius 1 is 1.29 bits per heavy atom. The lowest BCUT2D eigenvalue weighted by Crippen LogP contribution is -2.29. The number of nitrogens with one attached hydrogen (secondary N) is 1. The van der Waals surface area contributed by atoms with Crippen LogP contribution in [0, 0.1) is 11.3 Å². The van der Waals surface area contributed by atoms with E-state index in [2.05, 4.69) is 10.3 Å². The maximum Gasteiger partial charge on any atom is 0.339 e. The summed E-state index contributed by atoms with van der Waals surface area (Å²) in [5, 5.41) is 11.7. The highest BCUT2D eigenvalue weighted by Crippen LogP contribution is 2.30. The van der Waals surface area contributed by atoms with Gasteiger partial charge in [0.15, 0.2) is 6.61 Å². The maximum absolute atomic E-state index is 12.6. The number of aromatic nitrogens is 1. The van der Waals surface area contributed by atoms with Crippen LogP contribution in [0.15, 0.2) is 24.3 Å². The van der Waals surface area contributed by atoms with Gasteiger partial charge in [-0.2, -0.15) is 5.26 Å². The second-order valence-corrected chi connectivity index (χ2v) is 5.62. The zero-order valence-corrected chi connectivity index (χ0v) is 13.2. The van der Waals surface area contributed by atoms with Gasteiger partial charge in [-0.3, -0.25) is 9.78 Å². The van der Waals surface area contributed by atoms with Gasteiger partial charge in [0.2, 0.25) is 0 Å². The molecule has 0 saturated heterocycles. The predicted molar refractivity (Wildman–Crippen MR) is 87.3 cm³/mol. The largest absolute Gasteiger partial charge is 0.452 e. The maximum atomic E-state index is 12.6. The van der Waals surface area contributed by atoms with E-state index in [9.17, 15) is 9.59 Å². The van der Waals surface area contributed by atoms with Crippen molar-refractivity contribution < 1.29 is 14.3 Å². The molecule has 1 aliphatic carbocycles. The highest BCUT2D eigenvalue weighted by atomic mass is 16.5. The van der Waals surface area contributed by atoms with Crippen LogP contribution in [-0.2, 0) is 22.4 Å². The Bertz CT molecular complexity index is 839. The number of nitriles is 1. The summed E-state index contributed by atoms with van der Waals surface area (Å²) in [7, 11) is 0. The molecule has 1 amide bonds. The zero-order chi connectivity index (χ0) is 16.9. The van der Waals surface area contributed by atoms with E-state index in [0.29, 0.717) is 5.56 Å². The number of nitrogens with zero attached hydrogens (tertiary/aromatic N) is 2. The van der Waals surface area contributed by atoms with Gasteiger partial charge in [-0.25, -0.2) is 4.79 Å². The molecule has 0 fully saturated rings. The number of pyridine rings is 1. The average Bonchev–Trinajstić information content (AvgIpc) is 3.05. The van der Waals surface area contributed by atoms with Crippen molar-refractivity contribution >= 4 is 22.8 Å². The molecule has 0 bridgehead atoms. The van der Waals surface area contributed by atoms with Gasteiger partial charge in [0.05, 0.1) is 23.6 Å². The number of fused-ring (bicyclic) bond motifs is 2. The van der Waals surface area contributed by atoms with E-state index in [4.69, 9.17) is 10.00 Å². The molecule has 1 aromatic carbocycles. The van der Waals surface area contributed by atoms with Gasteiger partial charge >= 0.3 is 5.97 Å². The normalized spacial score (nSPS) is 12.5. The lowest BCUT2D eigenvalue weighted by Gasteiger charge is -2.12. The van der Waals surface area contributed by atoms with Gasteiger partial charge in [-0.1, -0.05) is 18.2 Å². The van der Waals surface area contributed by atoms with Crippen molar-refractivity contribution in [1.82, 2.24) is 10.3 Å². The molecule has 1 aliphatic rings. The van der Waals surface area contributed by atoms with Crippen molar-refractivity contribution in [3.63, 3.8) is 0 Å². The van der Waals surface area contributed by atoms with Gasteiger partial charge in [-0.05, 0) is 30.9 Å². The Hall–Kier alpha value is -2.94. The molecule has 0 atom stereocenters. The highest BCUT2D eigenvalue weighted by Gasteiger charge is 2.25. The molecule has 0 aliphatic heterocycles. The Morgan fingerprint density at radius 2 is 2.12 bits per heavy atom. The summed E-state index contributed by atoms with van der Waals surface area (Å²) in [4.78, 5) is 28.8. The van der Waals surface area contributed by atoms with Gasteiger partial charge in [0, 0.05) is 17.6 Å². The summed E-state index contributed by atoms with van der Waals surface area (Å²) < 4.78 is 5.19. The fourth-order valence-corrected chi connectivity index (χ4v) is 2.96. The van der Waals surface area contributed by atoms with Crippen molar-refractivity contribution in [2.45, 2.75) is 25.7 Å². The second-order valence-electron chi connectivity index (χ2n) is 5.62. The number of carbonyl (C=O) groups excluding carboxylic acids is 2. The summed E-state index contributed by atoms with van der Waals surface area (Å²) in [6, 6.07) is 9.40. The molecular weight excluding hydrogens is 306 g/mol. The minimum absolute atomic E-state index is 0.224. The molecule has 122 valence electrons. The van der Waals surface area contributed by atoms with E-state index in [1.165, 1.54) is 0 Å². The molecule has 6 nitrogen and oxygen atoms in total. The number of aryl methyl sites for hydroxylation is 1. The highest BCUT2D eigenvalue weighted by molar-refractivity contribution is 6.05. The van der Waals surface area contributed by atoms with E-state index in [1.54, 1.807) is 0 Å². The molecule has 0 unspecified atom stereocenters. The molecule has 0 radical (unpaired) electrons. The Balaban J connectivity index is 1.80. The monoisotopic (exact) mass is 323 g/mol. The summed E-state index contributed by atoms with van der Waals surface area (Å²) in [5.74, 6) is -0.907. The van der Waals surface area contributed by atoms with Crippen LogP contribution in [-0.4, -0.2) is 30.0 Å². The van der Waals surface area contributed by atoms with Crippen molar-refractivity contribution in [1.29, 1.82) is 5.26 Å². The minimum Gasteiger partial charge on any atom is -0.452 e. The number of benzene rings is 1. The van der Waals surface area contributed by atoms with Crippen LogP contribution in [0.2, 0.25) is 0 Å². The molecule has 1 N–H and O–H groups in total. The quantitative estimate of drug-likeness (QED) is 0.670. The number of carbonyl (C=O) groups is 2. The summed E-state index contributed by atoms with van der Waals surface area (Å²) in [6.45, 7) is -0.101. The summed E-state index contributed by atoms with van der Waals surface area (Å²) in [5.41, 5.74) is 3.17. The van der Waals surface area contributed by atoms with Crippen LogP contribution in [0.3, 0.4) is 0 Å². The number of rotatable bonds is 5. The fraction of sp³-hybridized carbons (Fsp3) is 0.333. The first-order chi connectivity index (χ1) is 11.7. The molecule has 24 heavy (non-hydrogen) atoms. The Labute approximate surface area is 139 Å². The number of hydrogen-bond donors (Lipinski definition) is 1. The number of hydrogen-bond acceptors (Lipinski definition) is 5. The van der Waals surface area contributed by atoms with Crippen LogP contribution in [0.25, 0.3) is 10.9 Å². The van der Waals surface area contributed by atoms with Crippen molar-refractivity contribution in [3.05, 3.63) is 41.1 Å². The van der Waals surface area contributed by atoms with E-state index >= 15 is 0 Å². The average molecular weight is 323 g/mol. The SMILES string of the molecule is N#CCCNC(=O)COC(=O)c1c2c(nc3ccccc13)CCC2. The van der Waals surface area contributed by atoms with E-state index in [1.807, 2.05) is 30.3 Å². The number of esters is 1. The van der Waals surface area contributed by atoms with Gasteiger partial charge < -0.3 is 10.1 Å². The van der Waals surface area contributed by atoms with Gasteiger partial charge in [-0.15, -0.1) is 0 Å². The van der Waals surface area contributed by atoms with Gasteiger partial charge in [0.1, 0.15) is 0 Å². The topological polar surface area (TPSA) is 92.1 Å². The third-order valence-electron chi connectivity index (χ3n) is 4.02. The second kappa shape index (κ2) is 7.09. The van der Waals surface area contributed by atoms with Crippen LogP contribution in [0.4, 0.5) is 0 Å². The fourth-order valence-electron chi connectivity index (χ4n) is 2.96. The summed E-state index contributed by atoms with van der Waals surface area (Å²) in [6.07, 6.45) is 2.84. The number of para-hydroxylation sites is 1. The van der Waals surface area contributed by atoms with E-state index < -0.39 is 11.9 Å². The molecule has 0 spiro atoms. The van der Waals surface area contributed by atoms with Gasteiger partial charge in [0.25, 0.3) is 5.91 Å². The third kappa shape index (κ3) is 3.20. The lowest BCUT2D eigenvalue weighted by molar-refractivity contribution is -0.124. The molecular formula is C18H17N3O3. The van der Waals surface area contributed by atoms with Crippen molar-refractivity contribution in [3.8, 4) is 6.07 Å². The van der Waals surface area contributed by atoms with Crippen LogP contribution >= 0.6 is 0 Å². The smallest absolute Gasteiger partial charge is 0.339 e. The lowest BCUT2D eigenvalue weighted by atomic mass is 10.0. The van der Waals surface area contributed by atoms with Crippen LogP contribution in [0.1, 0.15) is 34.5 Å². The molecule has 3 rings (SSSR count). The Morgan fingerprint density at radius 3 is 2.96 bits per heavy atom. The predicted octanol–water partition coefficient (Wildman–Crippen LogP) is 1.91. The van der Waals surface area contributed by atoms with Crippen molar-refractivity contribution in [2.75, 3.05) is 13.2 Å². The standard InChI is InChI=1S/C18H17N3O3/c19-9-4-10-20-16(22)11-24-18(23)17-12-5-1-2-7-14(12)21-15-8-3-6-13(15)17/h1-2,5,7H,3-4,6,8,10-11H2,(H,20,22). The minimum atomic E-state index is -0.498. The first-order valence-corrected chi connectivity index (χ1v) is 7.92. The van der Waals surface area contributed by atoms with E-state index in [-0.39, 0.29) is 19.6 Å². The first kappa shape index (κ1) is 15.9. The number of ether oxygens (including phenoxy) is 1. The van der Waals surface area contributed by atoms with Crippen molar-refractivity contribution in [2.24, 2.45) is 0 Å². The van der Waals surface area contributed by atoms with Crippen LogP contribution in [0.5, 0.6) is 0 Å². The van der Waals surface area contributed by atoms with Crippen LogP contribution < -0.4 is 5.32 Å². The molecule has 6 heteroatoms. The summed E-state index contributed by atoms with van der Waals surface area (Å²) >= 11 is 0. The third-order valence-corrected chi connectivity index (χ3v) is 4.02. The molecule has 1 heterocycles.